The molecule has 1 heterocycles. The molecule has 6 heteroatoms. The van der Waals surface area contributed by atoms with Crippen molar-refractivity contribution in [1.29, 1.82) is 0 Å². The van der Waals surface area contributed by atoms with Crippen LogP contribution in [-0.4, -0.2) is 32.1 Å². The summed E-state index contributed by atoms with van der Waals surface area (Å²) in [5.74, 6) is 1.21. The van der Waals surface area contributed by atoms with E-state index in [0.29, 0.717) is 17.2 Å². The summed E-state index contributed by atoms with van der Waals surface area (Å²) in [4.78, 5) is 27.1. The van der Waals surface area contributed by atoms with Crippen LogP contribution in [0.5, 0.6) is 11.5 Å². The van der Waals surface area contributed by atoms with Gasteiger partial charge in [-0.1, -0.05) is 31.0 Å². The topological polar surface area (TPSA) is 67.9 Å². The Morgan fingerprint density at radius 3 is 2.62 bits per heavy atom. The molecule has 0 bridgehead atoms. The van der Waals surface area contributed by atoms with Gasteiger partial charge >= 0.3 is 0 Å². The van der Waals surface area contributed by atoms with Crippen LogP contribution in [0.3, 0.4) is 0 Å². The van der Waals surface area contributed by atoms with E-state index in [1.807, 2.05) is 35.2 Å². The van der Waals surface area contributed by atoms with Gasteiger partial charge in [0.15, 0.2) is 18.1 Å². The number of nitrogens with one attached hydrogen (secondary N) is 1. The molecule has 1 saturated carbocycles. The van der Waals surface area contributed by atoms with E-state index in [-0.39, 0.29) is 24.3 Å². The van der Waals surface area contributed by atoms with Crippen molar-refractivity contribution in [1.82, 2.24) is 0 Å². The van der Waals surface area contributed by atoms with E-state index in [1.165, 1.54) is 0 Å². The molecule has 0 spiro atoms. The quantitative estimate of drug-likeness (QED) is 0.809. The number of rotatable bonds is 6. The van der Waals surface area contributed by atoms with Crippen LogP contribution in [0.4, 0.5) is 11.4 Å². The van der Waals surface area contributed by atoms with Crippen molar-refractivity contribution in [3.63, 3.8) is 0 Å². The van der Waals surface area contributed by atoms with Crippen LogP contribution in [0.2, 0.25) is 0 Å². The predicted molar refractivity (Wildman–Crippen MR) is 112 cm³/mol. The zero-order chi connectivity index (χ0) is 20.2. The molecule has 1 N–H and O–H groups in total. The van der Waals surface area contributed by atoms with Crippen LogP contribution < -0.4 is 19.7 Å². The van der Waals surface area contributed by atoms with Gasteiger partial charge in [0.05, 0.1) is 7.11 Å². The number of nitrogens with zero attached hydrogens (tertiary/aromatic N) is 1. The first-order valence-corrected chi connectivity index (χ1v) is 10.2. The molecule has 2 aromatic carbocycles. The second-order valence-electron chi connectivity index (χ2n) is 7.55. The van der Waals surface area contributed by atoms with Crippen molar-refractivity contribution in [3.05, 3.63) is 48.0 Å². The largest absolute Gasteiger partial charge is 0.493 e. The molecule has 2 aromatic rings. The molecule has 2 amide bonds. The van der Waals surface area contributed by atoms with Crippen molar-refractivity contribution in [2.75, 3.05) is 30.5 Å². The number of carbonyl (C=O) groups is 2. The molecule has 152 valence electrons. The maximum absolute atomic E-state index is 12.9. The van der Waals surface area contributed by atoms with Crippen LogP contribution in [0, 0.1) is 5.92 Å². The van der Waals surface area contributed by atoms with Crippen LogP contribution in [0.25, 0.3) is 0 Å². The van der Waals surface area contributed by atoms with Gasteiger partial charge in [0, 0.05) is 23.8 Å². The highest BCUT2D eigenvalue weighted by Crippen LogP contribution is 2.35. The summed E-state index contributed by atoms with van der Waals surface area (Å²) >= 11 is 0. The Balaban J connectivity index is 1.40. The number of para-hydroxylation sites is 2. The van der Waals surface area contributed by atoms with Crippen LogP contribution in [-0.2, 0) is 16.0 Å². The Labute approximate surface area is 170 Å². The number of fused-ring (bicyclic) bond motifs is 1. The lowest BCUT2D eigenvalue weighted by atomic mass is 10.1. The number of methoxy groups -OCH3 is 1. The first-order chi connectivity index (χ1) is 14.2. The third-order valence-electron chi connectivity index (χ3n) is 5.66. The van der Waals surface area contributed by atoms with E-state index >= 15 is 0 Å². The maximum Gasteiger partial charge on any atom is 0.262 e. The van der Waals surface area contributed by atoms with E-state index in [4.69, 9.17) is 9.47 Å². The molecule has 1 aliphatic carbocycles. The number of amides is 2. The van der Waals surface area contributed by atoms with Gasteiger partial charge in [0.1, 0.15) is 0 Å². The van der Waals surface area contributed by atoms with Gasteiger partial charge in [0.2, 0.25) is 5.91 Å². The zero-order valence-electron chi connectivity index (χ0n) is 16.6. The Kier molecular flexibility index (Phi) is 5.69. The first kappa shape index (κ1) is 19.3. The summed E-state index contributed by atoms with van der Waals surface area (Å²) in [6.07, 6.45) is 5.11. The molecule has 0 atom stereocenters. The lowest BCUT2D eigenvalue weighted by Crippen LogP contribution is -2.33. The summed E-state index contributed by atoms with van der Waals surface area (Å²) in [6, 6.07) is 13.0. The standard InChI is InChI=1S/C23H26N2O4/c1-28-20-8-4-5-9-21(20)29-15-22(26)24-18-11-10-16-12-13-25(19(16)14-18)23(27)17-6-2-3-7-17/h4-5,8-11,14,17H,2-3,6-7,12-13,15H2,1H3,(H,24,26). The van der Waals surface area contributed by atoms with E-state index in [2.05, 4.69) is 5.32 Å². The van der Waals surface area contributed by atoms with E-state index in [9.17, 15) is 9.59 Å². The number of carbonyl (C=O) groups excluding carboxylic acids is 2. The number of hydrogen-bond donors (Lipinski definition) is 1. The Morgan fingerprint density at radius 1 is 1.10 bits per heavy atom. The van der Waals surface area contributed by atoms with Gasteiger partial charge in [-0.25, -0.2) is 0 Å². The molecule has 1 fully saturated rings. The van der Waals surface area contributed by atoms with Crippen LogP contribution in [0.15, 0.2) is 42.5 Å². The minimum absolute atomic E-state index is 0.123. The minimum atomic E-state index is -0.262. The second-order valence-corrected chi connectivity index (χ2v) is 7.55. The fraction of sp³-hybridized carbons (Fsp3) is 0.391. The van der Waals surface area contributed by atoms with Gasteiger partial charge in [-0.2, -0.15) is 0 Å². The maximum atomic E-state index is 12.9. The van der Waals surface area contributed by atoms with Crippen molar-refractivity contribution in [2.24, 2.45) is 5.92 Å². The van der Waals surface area contributed by atoms with E-state index in [1.54, 1.807) is 19.2 Å². The molecular formula is C23H26N2O4. The number of anilines is 2. The number of ether oxygens (including phenoxy) is 2. The average molecular weight is 394 g/mol. The van der Waals surface area contributed by atoms with Gasteiger partial charge < -0.3 is 19.7 Å². The zero-order valence-corrected chi connectivity index (χ0v) is 16.6. The summed E-state index contributed by atoms with van der Waals surface area (Å²) in [6.45, 7) is 0.598. The molecule has 0 saturated heterocycles. The monoisotopic (exact) mass is 394 g/mol. The molecular weight excluding hydrogens is 368 g/mol. The predicted octanol–water partition coefficient (Wildman–Crippen LogP) is 3.79. The van der Waals surface area contributed by atoms with Gasteiger partial charge in [-0.3, -0.25) is 9.59 Å². The fourth-order valence-corrected chi connectivity index (χ4v) is 4.16. The van der Waals surface area contributed by atoms with E-state index in [0.717, 1.165) is 49.9 Å². The normalized spacial score (nSPS) is 15.8. The highest BCUT2D eigenvalue weighted by Gasteiger charge is 2.32. The molecule has 0 aromatic heterocycles. The highest BCUT2D eigenvalue weighted by molar-refractivity contribution is 5.99. The highest BCUT2D eigenvalue weighted by atomic mass is 16.5. The molecule has 1 aliphatic heterocycles. The Bertz CT molecular complexity index is 906. The first-order valence-electron chi connectivity index (χ1n) is 10.2. The average Bonchev–Trinajstić information content (AvgIpc) is 3.42. The van der Waals surface area contributed by atoms with Gasteiger partial charge in [0.25, 0.3) is 5.91 Å². The molecule has 29 heavy (non-hydrogen) atoms. The fourth-order valence-electron chi connectivity index (χ4n) is 4.16. The second kappa shape index (κ2) is 8.55. The SMILES string of the molecule is COc1ccccc1OCC(=O)Nc1ccc2c(c1)N(C(=O)C1CCCC1)CC2. The molecule has 2 aliphatic rings. The van der Waals surface area contributed by atoms with Crippen molar-refractivity contribution in [2.45, 2.75) is 32.1 Å². The van der Waals surface area contributed by atoms with Crippen molar-refractivity contribution in [3.8, 4) is 11.5 Å². The summed E-state index contributed by atoms with van der Waals surface area (Å²) in [5.41, 5.74) is 2.74. The Hall–Kier alpha value is -3.02. The summed E-state index contributed by atoms with van der Waals surface area (Å²) in [7, 11) is 1.56. The molecule has 0 radical (unpaired) electrons. The van der Waals surface area contributed by atoms with Crippen LogP contribution >= 0.6 is 0 Å². The minimum Gasteiger partial charge on any atom is -0.493 e. The van der Waals surface area contributed by atoms with Crippen LogP contribution in [0.1, 0.15) is 31.2 Å². The summed E-state index contributed by atoms with van der Waals surface area (Å²) in [5, 5.41) is 2.87. The smallest absolute Gasteiger partial charge is 0.262 e. The Morgan fingerprint density at radius 2 is 1.86 bits per heavy atom. The number of benzene rings is 2. The van der Waals surface area contributed by atoms with Crippen molar-refractivity contribution < 1.29 is 19.1 Å². The lowest BCUT2D eigenvalue weighted by Gasteiger charge is -2.21. The molecule has 0 unspecified atom stereocenters. The third-order valence-corrected chi connectivity index (χ3v) is 5.66. The molecule has 6 nitrogen and oxygen atoms in total. The third kappa shape index (κ3) is 4.21. The van der Waals surface area contributed by atoms with Gasteiger partial charge in [-0.05, 0) is 49.1 Å². The van der Waals surface area contributed by atoms with Crippen molar-refractivity contribution >= 4 is 23.2 Å². The molecule has 4 rings (SSSR count). The van der Waals surface area contributed by atoms with E-state index < -0.39 is 0 Å². The lowest BCUT2D eigenvalue weighted by molar-refractivity contribution is -0.122. The number of hydrogen-bond acceptors (Lipinski definition) is 4. The summed E-state index contributed by atoms with van der Waals surface area (Å²) < 4.78 is 10.8. The van der Waals surface area contributed by atoms with Gasteiger partial charge in [-0.15, -0.1) is 0 Å².